The second kappa shape index (κ2) is 11.3. The smallest absolute Gasteiger partial charge is 0.191 e. The van der Waals surface area contributed by atoms with Crippen molar-refractivity contribution >= 4 is 29.9 Å². The summed E-state index contributed by atoms with van der Waals surface area (Å²) < 4.78 is 0. The number of hydrogen-bond acceptors (Lipinski definition) is 3. The zero-order chi connectivity index (χ0) is 15.8. The van der Waals surface area contributed by atoms with Crippen LogP contribution >= 0.6 is 24.0 Å². The molecule has 0 amide bonds. The number of likely N-dealkylation sites (N-methyl/N-ethyl adjacent to an activating group) is 1. The van der Waals surface area contributed by atoms with Gasteiger partial charge in [0.25, 0.3) is 0 Å². The molecule has 6 heteroatoms. The van der Waals surface area contributed by atoms with Crippen LogP contribution in [0, 0.1) is 5.92 Å². The SMILES string of the molecule is CCNC(=NCC(C)CN1CCN(C)CC1)NC1CC=CC1.I. The van der Waals surface area contributed by atoms with Gasteiger partial charge in [0, 0.05) is 51.9 Å². The molecule has 1 aliphatic carbocycles. The number of aliphatic imine (C=N–C) groups is 1. The Morgan fingerprint density at radius 2 is 1.87 bits per heavy atom. The Morgan fingerprint density at radius 3 is 2.48 bits per heavy atom. The molecule has 134 valence electrons. The summed E-state index contributed by atoms with van der Waals surface area (Å²) in [5.41, 5.74) is 0. The van der Waals surface area contributed by atoms with E-state index in [9.17, 15) is 0 Å². The lowest BCUT2D eigenvalue weighted by Gasteiger charge is -2.33. The summed E-state index contributed by atoms with van der Waals surface area (Å²) in [5.74, 6) is 1.57. The van der Waals surface area contributed by atoms with Crippen LogP contribution in [0.3, 0.4) is 0 Å². The van der Waals surface area contributed by atoms with Gasteiger partial charge in [-0.2, -0.15) is 0 Å². The van der Waals surface area contributed by atoms with Crippen molar-refractivity contribution in [3.05, 3.63) is 12.2 Å². The van der Waals surface area contributed by atoms with Gasteiger partial charge in [0.1, 0.15) is 0 Å². The molecule has 1 saturated heterocycles. The third kappa shape index (κ3) is 7.85. The molecule has 2 N–H and O–H groups in total. The van der Waals surface area contributed by atoms with E-state index in [4.69, 9.17) is 4.99 Å². The fourth-order valence-electron chi connectivity index (χ4n) is 3.02. The Labute approximate surface area is 159 Å². The summed E-state index contributed by atoms with van der Waals surface area (Å²) in [7, 11) is 2.21. The molecule has 23 heavy (non-hydrogen) atoms. The van der Waals surface area contributed by atoms with E-state index in [1.54, 1.807) is 0 Å². The van der Waals surface area contributed by atoms with Crippen LogP contribution in [-0.4, -0.2) is 74.7 Å². The molecule has 0 spiro atoms. The topological polar surface area (TPSA) is 42.9 Å². The predicted octanol–water partition coefficient (Wildman–Crippen LogP) is 1.76. The first-order valence-corrected chi connectivity index (χ1v) is 8.78. The van der Waals surface area contributed by atoms with E-state index in [2.05, 4.69) is 53.5 Å². The maximum Gasteiger partial charge on any atom is 0.191 e. The van der Waals surface area contributed by atoms with Gasteiger partial charge in [0.2, 0.25) is 0 Å². The van der Waals surface area contributed by atoms with Gasteiger partial charge in [0.05, 0.1) is 0 Å². The quantitative estimate of drug-likeness (QED) is 0.289. The highest BCUT2D eigenvalue weighted by molar-refractivity contribution is 14.0. The number of guanidine groups is 1. The van der Waals surface area contributed by atoms with Crippen LogP contribution in [0.5, 0.6) is 0 Å². The molecule has 0 aromatic carbocycles. The second-order valence-corrected chi connectivity index (χ2v) is 6.71. The average Bonchev–Trinajstić information content (AvgIpc) is 3.00. The largest absolute Gasteiger partial charge is 0.357 e. The zero-order valence-electron chi connectivity index (χ0n) is 14.9. The molecule has 1 unspecified atom stereocenters. The highest BCUT2D eigenvalue weighted by Gasteiger charge is 2.16. The van der Waals surface area contributed by atoms with Crippen LogP contribution in [0.2, 0.25) is 0 Å². The summed E-state index contributed by atoms with van der Waals surface area (Å²) in [6.45, 7) is 12.2. The fraction of sp³-hybridized carbons (Fsp3) is 0.824. The number of rotatable bonds is 6. The summed E-state index contributed by atoms with van der Waals surface area (Å²) in [4.78, 5) is 9.76. The van der Waals surface area contributed by atoms with Gasteiger partial charge < -0.3 is 20.4 Å². The molecule has 1 heterocycles. The van der Waals surface area contributed by atoms with E-state index in [0.29, 0.717) is 12.0 Å². The lowest BCUT2D eigenvalue weighted by molar-refractivity contribution is 0.140. The van der Waals surface area contributed by atoms with E-state index in [1.165, 1.54) is 26.2 Å². The molecule has 1 fully saturated rings. The second-order valence-electron chi connectivity index (χ2n) is 6.71. The van der Waals surface area contributed by atoms with Crippen molar-refractivity contribution in [2.24, 2.45) is 10.9 Å². The number of halogens is 1. The van der Waals surface area contributed by atoms with Crippen LogP contribution in [0.4, 0.5) is 0 Å². The van der Waals surface area contributed by atoms with E-state index < -0.39 is 0 Å². The molecule has 1 aliphatic heterocycles. The molecular weight excluding hydrogens is 401 g/mol. The summed E-state index contributed by atoms with van der Waals surface area (Å²) in [6, 6.07) is 0.519. The van der Waals surface area contributed by atoms with Crippen LogP contribution in [0.1, 0.15) is 26.7 Å². The van der Waals surface area contributed by atoms with Gasteiger partial charge in [-0.1, -0.05) is 19.1 Å². The van der Waals surface area contributed by atoms with Crippen molar-refractivity contribution < 1.29 is 0 Å². The van der Waals surface area contributed by atoms with Crippen LogP contribution in [-0.2, 0) is 0 Å². The van der Waals surface area contributed by atoms with Crippen molar-refractivity contribution in [2.75, 3.05) is 52.9 Å². The van der Waals surface area contributed by atoms with E-state index in [1.807, 2.05) is 0 Å². The van der Waals surface area contributed by atoms with E-state index in [-0.39, 0.29) is 24.0 Å². The minimum Gasteiger partial charge on any atom is -0.357 e. The van der Waals surface area contributed by atoms with Crippen molar-refractivity contribution in [3.63, 3.8) is 0 Å². The normalized spacial score (nSPS) is 22.0. The third-order valence-corrected chi connectivity index (χ3v) is 4.42. The monoisotopic (exact) mass is 435 g/mol. The van der Waals surface area contributed by atoms with Crippen molar-refractivity contribution in [1.82, 2.24) is 20.4 Å². The highest BCUT2D eigenvalue weighted by atomic mass is 127. The molecule has 2 aliphatic rings. The first-order chi connectivity index (χ1) is 10.7. The van der Waals surface area contributed by atoms with Gasteiger partial charge in [-0.05, 0) is 32.7 Å². The summed E-state index contributed by atoms with van der Waals surface area (Å²) in [6.07, 6.45) is 6.72. The molecular formula is C17H34IN5. The van der Waals surface area contributed by atoms with Crippen molar-refractivity contribution in [1.29, 1.82) is 0 Å². The molecule has 0 radical (unpaired) electrons. The summed E-state index contributed by atoms with van der Waals surface area (Å²) in [5, 5.41) is 6.90. The Kier molecular flexibility index (Phi) is 10.1. The van der Waals surface area contributed by atoms with Gasteiger partial charge in [-0.25, -0.2) is 0 Å². The molecule has 1 atom stereocenters. The van der Waals surface area contributed by atoms with Crippen LogP contribution < -0.4 is 10.6 Å². The zero-order valence-corrected chi connectivity index (χ0v) is 17.3. The molecule has 2 rings (SSSR count). The highest BCUT2D eigenvalue weighted by Crippen LogP contribution is 2.09. The van der Waals surface area contributed by atoms with Crippen molar-refractivity contribution in [2.45, 2.75) is 32.7 Å². The minimum atomic E-state index is 0. The van der Waals surface area contributed by atoms with Gasteiger partial charge in [0.15, 0.2) is 5.96 Å². The first kappa shape index (κ1) is 20.7. The molecule has 0 aromatic heterocycles. The Bertz CT molecular complexity index is 369. The Morgan fingerprint density at radius 1 is 1.22 bits per heavy atom. The number of nitrogens with zero attached hydrogens (tertiary/aromatic N) is 3. The standard InChI is InChI=1S/C17H33N5.HI/c1-4-18-17(20-16-7-5-6-8-16)19-13-15(2)14-22-11-9-21(3)10-12-22;/h5-6,15-16H,4,7-14H2,1-3H3,(H2,18,19,20);1H. The average molecular weight is 435 g/mol. The van der Waals surface area contributed by atoms with Gasteiger partial charge in [-0.15, -0.1) is 24.0 Å². The third-order valence-electron chi connectivity index (χ3n) is 4.42. The molecule has 0 saturated carbocycles. The molecule has 0 bridgehead atoms. The number of nitrogens with one attached hydrogen (secondary N) is 2. The van der Waals surface area contributed by atoms with Gasteiger partial charge in [-0.3, -0.25) is 4.99 Å². The van der Waals surface area contributed by atoms with Gasteiger partial charge >= 0.3 is 0 Å². The maximum atomic E-state index is 4.79. The lowest BCUT2D eigenvalue weighted by Crippen LogP contribution is -2.46. The predicted molar refractivity (Wildman–Crippen MR) is 110 cm³/mol. The molecule has 5 nitrogen and oxygen atoms in total. The van der Waals surface area contributed by atoms with Crippen LogP contribution in [0.15, 0.2) is 17.1 Å². The molecule has 0 aromatic rings. The maximum absolute atomic E-state index is 4.79. The Hall–Kier alpha value is -0.340. The fourth-order valence-corrected chi connectivity index (χ4v) is 3.02. The lowest BCUT2D eigenvalue weighted by atomic mass is 10.1. The summed E-state index contributed by atoms with van der Waals surface area (Å²) >= 11 is 0. The van der Waals surface area contributed by atoms with E-state index >= 15 is 0 Å². The van der Waals surface area contributed by atoms with Crippen molar-refractivity contribution in [3.8, 4) is 0 Å². The van der Waals surface area contributed by atoms with Crippen LogP contribution in [0.25, 0.3) is 0 Å². The number of hydrogen-bond donors (Lipinski definition) is 2. The minimum absolute atomic E-state index is 0. The first-order valence-electron chi connectivity index (χ1n) is 8.78. The number of piperazine rings is 1. The van der Waals surface area contributed by atoms with E-state index in [0.717, 1.165) is 38.4 Å². The Balaban J connectivity index is 0.00000264.